The van der Waals surface area contributed by atoms with Gasteiger partial charge in [-0.25, -0.2) is 0 Å². The van der Waals surface area contributed by atoms with Crippen LogP contribution in [0.1, 0.15) is 42.9 Å². The lowest BCUT2D eigenvalue weighted by Gasteiger charge is -2.33. The fraction of sp³-hybridized carbons (Fsp3) is 0.478. The van der Waals surface area contributed by atoms with Crippen LogP contribution in [0.3, 0.4) is 0 Å². The summed E-state index contributed by atoms with van der Waals surface area (Å²) in [6, 6.07) is 4.69. The Bertz CT molecular complexity index is 1080. The maximum Gasteiger partial charge on any atom is 0.416 e. The molecule has 3 N–H and O–H groups in total. The number of nitrogens with zero attached hydrogens (tertiary/aromatic N) is 4. The molecule has 3 rings (SSSR count). The van der Waals surface area contributed by atoms with Gasteiger partial charge in [0.15, 0.2) is 5.82 Å². The Labute approximate surface area is 195 Å². The molecule has 1 aromatic carbocycles. The number of hydrogen-bond acceptors (Lipinski definition) is 7. The summed E-state index contributed by atoms with van der Waals surface area (Å²) in [5.74, 6) is -0.300. The van der Waals surface area contributed by atoms with E-state index >= 15 is 0 Å². The van der Waals surface area contributed by atoms with Crippen molar-refractivity contribution in [1.29, 1.82) is 5.26 Å². The fourth-order valence-corrected chi connectivity index (χ4v) is 4.04. The van der Waals surface area contributed by atoms with E-state index in [1.165, 1.54) is 0 Å². The summed E-state index contributed by atoms with van der Waals surface area (Å²) in [7, 11) is 0. The Balaban J connectivity index is 1.77. The number of likely N-dealkylation sites (tertiary alicyclic amines) is 1. The number of benzene rings is 1. The second kappa shape index (κ2) is 10.7. The van der Waals surface area contributed by atoms with Gasteiger partial charge >= 0.3 is 6.18 Å². The number of halogens is 3. The molecule has 8 nitrogen and oxygen atoms in total. The minimum atomic E-state index is -4.59. The molecular weight excluding hydrogens is 449 g/mol. The molecule has 1 saturated heterocycles. The number of phenolic OH excluding ortho intramolecular Hbond substituents is 1. The van der Waals surface area contributed by atoms with Crippen LogP contribution >= 0.6 is 0 Å². The number of nitriles is 1. The third-order valence-corrected chi connectivity index (χ3v) is 5.78. The predicted octanol–water partition coefficient (Wildman–Crippen LogP) is 3.45. The number of nitrogens with one attached hydrogen (secondary N) is 2. The zero-order chi connectivity index (χ0) is 24.9. The van der Waals surface area contributed by atoms with Crippen molar-refractivity contribution in [3.63, 3.8) is 0 Å². The number of piperidine rings is 1. The highest BCUT2D eigenvalue weighted by Crippen LogP contribution is 2.37. The zero-order valence-electron chi connectivity index (χ0n) is 19.0. The number of anilines is 1. The van der Waals surface area contributed by atoms with Crippen LogP contribution in [0.15, 0.2) is 18.2 Å². The first-order chi connectivity index (χ1) is 16.1. The van der Waals surface area contributed by atoms with Crippen molar-refractivity contribution in [3.8, 4) is 23.1 Å². The van der Waals surface area contributed by atoms with E-state index in [2.05, 4.69) is 31.8 Å². The van der Waals surface area contributed by atoms with E-state index in [9.17, 15) is 28.3 Å². The molecule has 0 aliphatic carbocycles. The number of alkyl halides is 3. The van der Waals surface area contributed by atoms with Crippen LogP contribution in [-0.2, 0) is 11.0 Å². The minimum Gasteiger partial charge on any atom is -0.507 e. The number of amides is 1. The van der Waals surface area contributed by atoms with Crippen LogP contribution in [0.5, 0.6) is 5.75 Å². The van der Waals surface area contributed by atoms with Gasteiger partial charge in [0, 0.05) is 37.7 Å². The standard InChI is InChI=1S/C23H27F3N6O2/c1-3-28-20(34)8-10-32-9-4-5-16(13-32)29-22-18(12-27)14(2)21(30-31-22)17-7-6-15(11-19(17)33)23(24,25)26/h6-7,11,16,33H,3-5,8-10,13H2,1-2H3,(H,28,34)(H,29,31)/t16-/m1/s1. The molecule has 0 unspecified atom stereocenters. The maximum absolute atomic E-state index is 12.9. The van der Waals surface area contributed by atoms with E-state index in [0.29, 0.717) is 37.7 Å². The van der Waals surface area contributed by atoms with Gasteiger partial charge in [0.25, 0.3) is 0 Å². The molecule has 1 atom stereocenters. The van der Waals surface area contributed by atoms with Gasteiger partial charge < -0.3 is 20.6 Å². The highest BCUT2D eigenvalue weighted by atomic mass is 19.4. The van der Waals surface area contributed by atoms with Gasteiger partial charge in [-0.2, -0.15) is 18.4 Å². The van der Waals surface area contributed by atoms with Crippen LogP contribution in [0.25, 0.3) is 11.3 Å². The molecule has 182 valence electrons. The molecule has 34 heavy (non-hydrogen) atoms. The van der Waals surface area contributed by atoms with Crippen molar-refractivity contribution >= 4 is 11.7 Å². The lowest BCUT2D eigenvalue weighted by atomic mass is 10.0. The summed E-state index contributed by atoms with van der Waals surface area (Å²) < 4.78 is 38.7. The van der Waals surface area contributed by atoms with Crippen molar-refractivity contribution in [2.24, 2.45) is 0 Å². The Morgan fingerprint density at radius 2 is 2.12 bits per heavy atom. The number of aromatic nitrogens is 2. The van der Waals surface area contributed by atoms with Crippen molar-refractivity contribution in [2.45, 2.75) is 45.3 Å². The summed E-state index contributed by atoms with van der Waals surface area (Å²) in [5.41, 5.74) is -0.161. The molecule has 2 aromatic rings. The van der Waals surface area contributed by atoms with E-state index in [4.69, 9.17) is 0 Å². The SMILES string of the molecule is CCNC(=O)CCN1CCC[C@@H](Nc2nnc(-c3ccc(C(F)(F)F)cc3O)c(C)c2C#N)C1. The number of phenols is 1. The highest BCUT2D eigenvalue weighted by molar-refractivity contribution is 5.76. The first-order valence-corrected chi connectivity index (χ1v) is 11.1. The maximum atomic E-state index is 12.9. The van der Waals surface area contributed by atoms with E-state index in [0.717, 1.165) is 31.5 Å². The van der Waals surface area contributed by atoms with Crippen molar-refractivity contribution in [3.05, 3.63) is 34.9 Å². The molecule has 1 aliphatic rings. The molecule has 1 amide bonds. The fourth-order valence-electron chi connectivity index (χ4n) is 4.04. The Morgan fingerprint density at radius 1 is 1.35 bits per heavy atom. The molecule has 0 bridgehead atoms. The topological polar surface area (TPSA) is 114 Å². The predicted molar refractivity (Wildman–Crippen MR) is 120 cm³/mol. The van der Waals surface area contributed by atoms with Crippen LogP contribution in [-0.4, -0.2) is 58.3 Å². The number of carbonyl (C=O) groups excluding carboxylic acids is 1. The van der Waals surface area contributed by atoms with Crippen LogP contribution < -0.4 is 10.6 Å². The molecule has 2 heterocycles. The summed E-state index contributed by atoms with van der Waals surface area (Å²) in [4.78, 5) is 13.9. The molecular formula is C23H27F3N6O2. The summed E-state index contributed by atoms with van der Waals surface area (Å²) in [6.07, 6.45) is -2.41. The second-order valence-corrected chi connectivity index (χ2v) is 8.23. The third-order valence-electron chi connectivity index (χ3n) is 5.78. The lowest BCUT2D eigenvalue weighted by Crippen LogP contribution is -2.43. The number of hydrogen-bond donors (Lipinski definition) is 3. The lowest BCUT2D eigenvalue weighted by molar-refractivity contribution is -0.137. The summed E-state index contributed by atoms with van der Waals surface area (Å²) >= 11 is 0. The van der Waals surface area contributed by atoms with E-state index < -0.39 is 17.5 Å². The van der Waals surface area contributed by atoms with Crippen molar-refractivity contribution in [2.75, 3.05) is 31.5 Å². The molecule has 11 heteroatoms. The van der Waals surface area contributed by atoms with Crippen molar-refractivity contribution < 1.29 is 23.1 Å². The third kappa shape index (κ3) is 5.94. The van der Waals surface area contributed by atoms with Crippen LogP contribution in [0.2, 0.25) is 0 Å². The molecule has 0 spiro atoms. The van der Waals surface area contributed by atoms with Gasteiger partial charge in [0.2, 0.25) is 5.91 Å². The van der Waals surface area contributed by atoms with Gasteiger partial charge in [-0.3, -0.25) is 4.79 Å². The van der Waals surface area contributed by atoms with Crippen LogP contribution in [0, 0.1) is 18.3 Å². The zero-order valence-corrected chi connectivity index (χ0v) is 19.0. The number of aromatic hydroxyl groups is 1. The van der Waals surface area contributed by atoms with Gasteiger partial charge in [-0.1, -0.05) is 0 Å². The first kappa shape index (κ1) is 25.2. The molecule has 0 radical (unpaired) electrons. The molecule has 0 saturated carbocycles. The second-order valence-electron chi connectivity index (χ2n) is 8.23. The van der Waals surface area contributed by atoms with Gasteiger partial charge in [0.1, 0.15) is 23.1 Å². The van der Waals surface area contributed by atoms with Gasteiger partial charge in [-0.05, 0) is 57.0 Å². The Hall–Kier alpha value is -3.39. The summed E-state index contributed by atoms with van der Waals surface area (Å²) in [5, 5.41) is 34.2. The highest BCUT2D eigenvalue weighted by Gasteiger charge is 2.31. The monoisotopic (exact) mass is 476 g/mol. The average molecular weight is 477 g/mol. The molecule has 1 aliphatic heterocycles. The van der Waals surface area contributed by atoms with Gasteiger partial charge in [0.05, 0.1) is 5.56 Å². The van der Waals surface area contributed by atoms with Crippen LogP contribution in [0.4, 0.5) is 19.0 Å². The molecule has 1 aromatic heterocycles. The Kier molecular flexibility index (Phi) is 7.94. The summed E-state index contributed by atoms with van der Waals surface area (Å²) in [6.45, 7) is 6.26. The number of rotatable bonds is 7. The molecule has 1 fully saturated rings. The first-order valence-electron chi connectivity index (χ1n) is 11.1. The minimum absolute atomic E-state index is 0.00546. The van der Waals surface area contributed by atoms with E-state index in [1.807, 2.05) is 6.92 Å². The average Bonchev–Trinajstić information content (AvgIpc) is 2.78. The number of carbonyl (C=O) groups is 1. The van der Waals surface area contributed by atoms with E-state index in [-0.39, 0.29) is 34.6 Å². The smallest absolute Gasteiger partial charge is 0.416 e. The largest absolute Gasteiger partial charge is 0.507 e. The van der Waals surface area contributed by atoms with Crippen molar-refractivity contribution in [1.82, 2.24) is 20.4 Å². The van der Waals surface area contributed by atoms with E-state index in [1.54, 1.807) is 6.92 Å². The van der Waals surface area contributed by atoms with Gasteiger partial charge in [-0.15, -0.1) is 10.2 Å². The quantitative estimate of drug-likeness (QED) is 0.561. The normalized spacial score (nSPS) is 16.6. The Morgan fingerprint density at radius 3 is 2.76 bits per heavy atom.